The molecule has 27 heavy (non-hydrogen) atoms. The summed E-state index contributed by atoms with van der Waals surface area (Å²) in [6, 6.07) is 10.6. The van der Waals surface area contributed by atoms with Crippen LogP contribution in [0.15, 0.2) is 35.3 Å². The first-order chi connectivity index (χ1) is 12.8. The Morgan fingerprint density at radius 3 is 2.30 bits per heavy atom. The highest BCUT2D eigenvalue weighted by Crippen LogP contribution is 2.15. The molecular weight excluding hydrogens is 453 g/mol. The topological polar surface area (TPSA) is 51.2 Å². The Hall–Kier alpha value is -1.51. The largest absolute Gasteiger partial charge is 0.368 e. The van der Waals surface area contributed by atoms with Gasteiger partial charge >= 0.3 is 0 Å². The number of likely N-dealkylation sites (tertiary alicyclic amines) is 1. The van der Waals surface area contributed by atoms with Crippen LogP contribution in [0.3, 0.4) is 0 Å². The highest BCUT2D eigenvalue weighted by Gasteiger charge is 2.20. The average Bonchev–Trinajstić information content (AvgIpc) is 3.23. The van der Waals surface area contributed by atoms with Crippen LogP contribution >= 0.6 is 24.0 Å². The molecule has 3 rings (SSSR count). The molecule has 6 nitrogen and oxygen atoms in total. The summed E-state index contributed by atoms with van der Waals surface area (Å²) in [6.45, 7) is 9.21. The van der Waals surface area contributed by atoms with Gasteiger partial charge in [-0.25, -0.2) is 0 Å². The second kappa shape index (κ2) is 11.4. The number of aliphatic imine (C=N–C) groups is 1. The monoisotopic (exact) mass is 485 g/mol. The van der Waals surface area contributed by atoms with E-state index in [1.165, 1.54) is 5.69 Å². The van der Waals surface area contributed by atoms with E-state index in [9.17, 15) is 4.79 Å². The van der Waals surface area contributed by atoms with Crippen LogP contribution in [0.25, 0.3) is 0 Å². The number of piperazine rings is 1. The fraction of sp³-hybridized carbons (Fsp3) is 0.600. The molecule has 2 fully saturated rings. The average molecular weight is 485 g/mol. The van der Waals surface area contributed by atoms with Gasteiger partial charge in [0.2, 0.25) is 5.91 Å². The maximum Gasteiger partial charge on any atom is 0.224 e. The van der Waals surface area contributed by atoms with Crippen molar-refractivity contribution in [1.29, 1.82) is 0 Å². The van der Waals surface area contributed by atoms with Gasteiger partial charge in [-0.2, -0.15) is 0 Å². The Kier molecular flexibility index (Phi) is 9.17. The molecule has 1 N–H and O–H groups in total. The molecule has 1 aromatic carbocycles. The van der Waals surface area contributed by atoms with Crippen molar-refractivity contribution in [3.8, 4) is 0 Å². The van der Waals surface area contributed by atoms with Crippen molar-refractivity contribution in [2.24, 2.45) is 4.99 Å². The SMILES string of the molecule is CCNC(=NCCC(=O)N1CCCC1)N1CCN(c2ccccc2)CC1.I. The maximum atomic E-state index is 12.2. The number of hydrogen-bond donors (Lipinski definition) is 1. The van der Waals surface area contributed by atoms with E-state index < -0.39 is 0 Å². The molecule has 0 aliphatic carbocycles. The maximum absolute atomic E-state index is 12.2. The number of nitrogens with zero attached hydrogens (tertiary/aromatic N) is 4. The van der Waals surface area contributed by atoms with E-state index >= 15 is 0 Å². The van der Waals surface area contributed by atoms with E-state index in [2.05, 4.69) is 52.4 Å². The van der Waals surface area contributed by atoms with Crippen LogP contribution in [0.4, 0.5) is 5.69 Å². The predicted molar refractivity (Wildman–Crippen MR) is 122 cm³/mol. The summed E-state index contributed by atoms with van der Waals surface area (Å²) in [7, 11) is 0. The van der Waals surface area contributed by atoms with Gasteiger partial charge < -0.3 is 20.0 Å². The third-order valence-corrected chi connectivity index (χ3v) is 5.08. The first-order valence-electron chi connectivity index (χ1n) is 9.89. The molecule has 1 aromatic rings. The van der Waals surface area contributed by atoms with Gasteiger partial charge in [-0.05, 0) is 31.9 Å². The lowest BCUT2D eigenvalue weighted by Gasteiger charge is -2.37. The standard InChI is InChI=1S/C20H31N5O.HI/c1-2-21-20(22-11-10-19(26)24-12-6-7-13-24)25-16-14-23(15-17-25)18-8-4-3-5-9-18;/h3-5,8-9H,2,6-7,10-17H2,1H3,(H,21,22);1H. The highest BCUT2D eigenvalue weighted by atomic mass is 127. The zero-order valence-corrected chi connectivity index (χ0v) is 18.6. The fourth-order valence-corrected chi connectivity index (χ4v) is 3.62. The summed E-state index contributed by atoms with van der Waals surface area (Å²) in [4.78, 5) is 23.6. The van der Waals surface area contributed by atoms with Gasteiger partial charge in [0.15, 0.2) is 5.96 Å². The number of rotatable bonds is 5. The van der Waals surface area contributed by atoms with Crippen LogP contribution in [0, 0.1) is 0 Å². The summed E-state index contributed by atoms with van der Waals surface area (Å²) in [5.74, 6) is 1.19. The molecule has 2 aliphatic heterocycles. The van der Waals surface area contributed by atoms with Gasteiger partial charge in [0.05, 0.1) is 6.54 Å². The fourth-order valence-electron chi connectivity index (χ4n) is 3.62. The lowest BCUT2D eigenvalue weighted by Crippen LogP contribution is -2.52. The molecule has 0 bridgehead atoms. The van der Waals surface area contributed by atoms with Crippen LogP contribution in [0.5, 0.6) is 0 Å². The number of benzene rings is 1. The lowest BCUT2D eigenvalue weighted by atomic mass is 10.2. The molecule has 0 aromatic heterocycles. The summed E-state index contributed by atoms with van der Waals surface area (Å²) in [5.41, 5.74) is 1.28. The molecule has 2 saturated heterocycles. The van der Waals surface area contributed by atoms with Crippen molar-refractivity contribution in [2.45, 2.75) is 26.2 Å². The summed E-state index contributed by atoms with van der Waals surface area (Å²) in [6.07, 6.45) is 2.80. The van der Waals surface area contributed by atoms with E-state index in [-0.39, 0.29) is 29.9 Å². The van der Waals surface area contributed by atoms with Gasteiger partial charge in [-0.3, -0.25) is 9.79 Å². The molecule has 2 aliphatic rings. The van der Waals surface area contributed by atoms with Crippen molar-refractivity contribution in [3.05, 3.63) is 30.3 Å². The van der Waals surface area contributed by atoms with Gasteiger partial charge in [-0.15, -0.1) is 24.0 Å². The Morgan fingerprint density at radius 2 is 1.67 bits per heavy atom. The number of nitrogens with one attached hydrogen (secondary N) is 1. The Morgan fingerprint density at radius 1 is 1.00 bits per heavy atom. The number of carbonyl (C=O) groups is 1. The van der Waals surface area contributed by atoms with E-state index in [0.717, 1.165) is 64.6 Å². The van der Waals surface area contributed by atoms with E-state index in [4.69, 9.17) is 4.99 Å². The molecule has 2 heterocycles. The normalized spacial score (nSPS) is 17.7. The molecule has 1 amide bonds. The van der Waals surface area contributed by atoms with Crippen molar-refractivity contribution in [3.63, 3.8) is 0 Å². The number of hydrogen-bond acceptors (Lipinski definition) is 3. The van der Waals surface area contributed by atoms with E-state index in [1.807, 2.05) is 4.90 Å². The third-order valence-electron chi connectivity index (χ3n) is 5.08. The van der Waals surface area contributed by atoms with Crippen LogP contribution in [0.1, 0.15) is 26.2 Å². The minimum absolute atomic E-state index is 0. The smallest absolute Gasteiger partial charge is 0.224 e. The third kappa shape index (κ3) is 6.26. The molecule has 0 radical (unpaired) electrons. The molecule has 0 saturated carbocycles. The summed E-state index contributed by atoms with van der Waals surface area (Å²) < 4.78 is 0. The van der Waals surface area contributed by atoms with Crippen LogP contribution in [-0.4, -0.2) is 74.0 Å². The molecule has 0 unspecified atom stereocenters. The van der Waals surface area contributed by atoms with E-state index in [0.29, 0.717) is 13.0 Å². The Balaban J connectivity index is 0.00000261. The number of para-hydroxylation sites is 1. The van der Waals surface area contributed by atoms with Crippen molar-refractivity contribution in [1.82, 2.24) is 15.1 Å². The van der Waals surface area contributed by atoms with Gasteiger partial charge in [0, 0.05) is 57.9 Å². The number of guanidine groups is 1. The van der Waals surface area contributed by atoms with Gasteiger partial charge in [0.1, 0.15) is 0 Å². The van der Waals surface area contributed by atoms with Crippen molar-refractivity contribution in [2.75, 3.05) is 57.3 Å². The molecule has 0 atom stereocenters. The van der Waals surface area contributed by atoms with E-state index in [1.54, 1.807) is 0 Å². The number of anilines is 1. The van der Waals surface area contributed by atoms with Crippen molar-refractivity contribution >= 4 is 41.5 Å². The second-order valence-corrected chi connectivity index (χ2v) is 6.88. The highest BCUT2D eigenvalue weighted by molar-refractivity contribution is 14.0. The summed E-state index contributed by atoms with van der Waals surface area (Å²) >= 11 is 0. The number of amides is 1. The summed E-state index contributed by atoms with van der Waals surface area (Å²) in [5, 5.41) is 3.38. The quantitative estimate of drug-likeness (QED) is 0.396. The zero-order chi connectivity index (χ0) is 18.2. The molecule has 0 spiro atoms. The van der Waals surface area contributed by atoms with Crippen molar-refractivity contribution < 1.29 is 4.79 Å². The minimum atomic E-state index is 0. The Labute approximate surface area is 180 Å². The first-order valence-corrected chi connectivity index (χ1v) is 9.89. The molecule has 7 heteroatoms. The Bertz CT molecular complexity index is 596. The van der Waals surface area contributed by atoms with Gasteiger partial charge in [-0.1, -0.05) is 18.2 Å². The predicted octanol–water partition coefficient (Wildman–Crippen LogP) is 2.40. The minimum Gasteiger partial charge on any atom is -0.368 e. The van der Waals surface area contributed by atoms with Crippen LogP contribution < -0.4 is 10.2 Å². The second-order valence-electron chi connectivity index (χ2n) is 6.88. The lowest BCUT2D eigenvalue weighted by molar-refractivity contribution is -0.129. The molecule has 150 valence electrons. The first kappa shape index (κ1) is 21.8. The molecular formula is C20H32IN5O. The van der Waals surface area contributed by atoms with Crippen LogP contribution in [0.2, 0.25) is 0 Å². The number of carbonyl (C=O) groups excluding carboxylic acids is 1. The zero-order valence-electron chi connectivity index (χ0n) is 16.3. The van der Waals surface area contributed by atoms with Gasteiger partial charge in [0.25, 0.3) is 0 Å². The number of halogens is 1. The van der Waals surface area contributed by atoms with Crippen LogP contribution in [-0.2, 0) is 4.79 Å².